The SMILES string of the molecule is Cn1cc(C(=O)NCC(Cc2ccc(F)cc2)C(N)=O)c(-c2ccc(F)cc2F)n1. The summed E-state index contributed by atoms with van der Waals surface area (Å²) in [6, 6.07) is 8.58. The van der Waals surface area contributed by atoms with Gasteiger partial charge in [-0.2, -0.15) is 5.10 Å². The first kappa shape index (κ1) is 21.1. The Kier molecular flexibility index (Phi) is 6.20. The number of halogens is 3. The van der Waals surface area contributed by atoms with Crippen LogP contribution >= 0.6 is 0 Å². The summed E-state index contributed by atoms with van der Waals surface area (Å²) in [6.07, 6.45) is 1.61. The van der Waals surface area contributed by atoms with E-state index in [1.165, 1.54) is 41.2 Å². The van der Waals surface area contributed by atoms with Crippen molar-refractivity contribution in [3.8, 4) is 11.3 Å². The normalized spacial score (nSPS) is 11.9. The number of aromatic nitrogens is 2. The Labute approximate surface area is 170 Å². The van der Waals surface area contributed by atoms with Crippen molar-refractivity contribution in [1.82, 2.24) is 15.1 Å². The Hall–Kier alpha value is -3.62. The van der Waals surface area contributed by atoms with Crippen LogP contribution in [0.3, 0.4) is 0 Å². The van der Waals surface area contributed by atoms with Crippen molar-refractivity contribution < 1.29 is 22.8 Å². The van der Waals surface area contributed by atoms with E-state index in [9.17, 15) is 22.8 Å². The molecule has 0 aliphatic carbocycles. The highest BCUT2D eigenvalue weighted by Gasteiger charge is 2.22. The Bertz CT molecular complexity index is 1080. The minimum atomic E-state index is -0.853. The number of carbonyl (C=O) groups excluding carboxylic acids is 2. The first-order valence-corrected chi connectivity index (χ1v) is 9.05. The molecule has 0 radical (unpaired) electrons. The number of benzene rings is 2. The van der Waals surface area contributed by atoms with Crippen molar-refractivity contribution >= 4 is 11.8 Å². The van der Waals surface area contributed by atoms with Gasteiger partial charge in [0.2, 0.25) is 5.91 Å². The molecule has 2 aromatic carbocycles. The summed E-state index contributed by atoms with van der Waals surface area (Å²) in [5, 5.41) is 6.70. The maximum absolute atomic E-state index is 14.2. The molecule has 0 saturated carbocycles. The fraction of sp³-hybridized carbons (Fsp3) is 0.190. The summed E-state index contributed by atoms with van der Waals surface area (Å²) in [7, 11) is 1.56. The maximum Gasteiger partial charge on any atom is 0.255 e. The van der Waals surface area contributed by atoms with Gasteiger partial charge >= 0.3 is 0 Å². The van der Waals surface area contributed by atoms with E-state index in [0.29, 0.717) is 11.6 Å². The number of aryl methyl sites for hydroxylation is 1. The molecule has 0 spiro atoms. The van der Waals surface area contributed by atoms with Crippen molar-refractivity contribution in [2.75, 3.05) is 6.54 Å². The highest BCUT2D eigenvalue weighted by molar-refractivity contribution is 6.00. The fourth-order valence-electron chi connectivity index (χ4n) is 3.02. The summed E-state index contributed by atoms with van der Waals surface area (Å²) in [4.78, 5) is 24.5. The van der Waals surface area contributed by atoms with E-state index in [-0.39, 0.29) is 29.8 Å². The highest BCUT2D eigenvalue weighted by Crippen LogP contribution is 2.25. The second-order valence-corrected chi connectivity index (χ2v) is 6.83. The molecule has 3 N–H and O–H groups in total. The van der Waals surface area contributed by atoms with Gasteiger partial charge in [-0.1, -0.05) is 12.1 Å². The third-order valence-corrected chi connectivity index (χ3v) is 4.57. The van der Waals surface area contributed by atoms with Crippen LogP contribution in [0.15, 0.2) is 48.7 Å². The molecule has 30 heavy (non-hydrogen) atoms. The molecular weight excluding hydrogens is 397 g/mol. The van der Waals surface area contributed by atoms with Crippen LogP contribution in [0.4, 0.5) is 13.2 Å². The van der Waals surface area contributed by atoms with Gasteiger partial charge in [0.1, 0.15) is 23.1 Å². The van der Waals surface area contributed by atoms with Crippen LogP contribution in [-0.2, 0) is 18.3 Å². The third kappa shape index (κ3) is 4.86. The Morgan fingerprint density at radius 2 is 1.77 bits per heavy atom. The summed E-state index contributed by atoms with van der Waals surface area (Å²) >= 11 is 0. The summed E-state index contributed by atoms with van der Waals surface area (Å²) < 4.78 is 41.8. The Morgan fingerprint density at radius 3 is 2.40 bits per heavy atom. The summed E-state index contributed by atoms with van der Waals surface area (Å²) in [5.74, 6) is -3.96. The summed E-state index contributed by atoms with van der Waals surface area (Å²) in [5.41, 5.74) is 6.20. The lowest BCUT2D eigenvalue weighted by atomic mass is 9.98. The van der Waals surface area contributed by atoms with Crippen molar-refractivity contribution in [3.63, 3.8) is 0 Å². The zero-order valence-corrected chi connectivity index (χ0v) is 16.0. The molecule has 6 nitrogen and oxygen atoms in total. The van der Waals surface area contributed by atoms with E-state index >= 15 is 0 Å². The van der Waals surface area contributed by atoms with Gasteiger partial charge < -0.3 is 11.1 Å². The third-order valence-electron chi connectivity index (χ3n) is 4.57. The van der Waals surface area contributed by atoms with Gasteiger partial charge in [0.05, 0.1) is 11.5 Å². The maximum atomic E-state index is 14.2. The van der Waals surface area contributed by atoms with Crippen LogP contribution in [0.5, 0.6) is 0 Å². The zero-order chi connectivity index (χ0) is 21.8. The lowest BCUT2D eigenvalue weighted by Gasteiger charge is -2.14. The minimum absolute atomic E-state index is 0.0279. The zero-order valence-electron chi connectivity index (χ0n) is 16.0. The lowest BCUT2D eigenvalue weighted by molar-refractivity contribution is -0.121. The molecule has 0 fully saturated rings. The standard InChI is InChI=1S/C21H19F3N4O2/c1-28-11-17(19(27-28)16-7-6-15(23)9-18(16)24)21(30)26-10-13(20(25)29)8-12-2-4-14(22)5-3-12/h2-7,9,11,13H,8,10H2,1H3,(H2,25,29)(H,26,30). The predicted molar refractivity (Wildman–Crippen MR) is 104 cm³/mol. The Balaban J connectivity index is 1.76. The molecule has 1 atom stereocenters. The first-order chi connectivity index (χ1) is 14.2. The largest absolute Gasteiger partial charge is 0.369 e. The van der Waals surface area contributed by atoms with Crippen LogP contribution < -0.4 is 11.1 Å². The van der Waals surface area contributed by atoms with Crippen molar-refractivity contribution in [3.05, 3.63) is 77.2 Å². The number of hydrogen-bond acceptors (Lipinski definition) is 3. The number of nitrogens with zero attached hydrogens (tertiary/aromatic N) is 2. The fourth-order valence-corrected chi connectivity index (χ4v) is 3.02. The van der Waals surface area contributed by atoms with E-state index < -0.39 is 35.2 Å². The van der Waals surface area contributed by atoms with E-state index in [1.807, 2.05) is 0 Å². The second kappa shape index (κ2) is 8.81. The van der Waals surface area contributed by atoms with E-state index in [0.717, 1.165) is 6.07 Å². The molecule has 3 aromatic rings. The van der Waals surface area contributed by atoms with Crippen LogP contribution in [0.1, 0.15) is 15.9 Å². The van der Waals surface area contributed by atoms with Gasteiger partial charge in [0, 0.05) is 31.4 Å². The van der Waals surface area contributed by atoms with Crippen molar-refractivity contribution in [2.24, 2.45) is 18.7 Å². The molecule has 1 aromatic heterocycles. The van der Waals surface area contributed by atoms with Gasteiger partial charge in [0.25, 0.3) is 5.91 Å². The molecule has 2 amide bonds. The van der Waals surface area contributed by atoms with Crippen LogP contribution in [0.25, 0.3) is 11.3 Å². The van der Waals surface area contributed by atoms with Crippen LogP contribution in [0.2, 0.25) is 0 Å². The second-order valence-electron chi connectivity index (χ2n) is 6.83. The summed E-state index contributed by atoms with van der Waals surface area (Å²) in [6.45, 7) is -0.0776. The topological polar surface area (TPSA) is 90.0 Å². The number of primary amides is 1. The van der Waals surface area contributed by atoms with Gasteiger partial charge in [-0.25, -0.2) is 13.2 Å². The molecule has 156 valence electrons. The number of nitrogens with two attached hydrogens (primary N) is 1. The Morgan fingerprint density at radius 1 is 1.10 bits per heavy atom. The van der Waals surface area contributed by atoms with Gasteiger partial charge in [0.15, 0.2) is 0 Å². The smallest absolute Gasteiger partial charge is 0.255 e. The number of amides is 2. The molecular formula is C21H19F3N4O2. The van der Waals surface area contributed by atoms with E-state index in [1.54, 1.807) is 7.05 Å². The number of carbonyl (C=O) groups is 2. The van der Waals surface area contributed by atoms with Gasteiger partial charge in [-0.05, 0) is 36.2 Å². The quantitative estimate of drug-likeness (QED) is 0.620. The van der Waals surface area contributed by atoms with Crippen LogP contribution in [0, 0.1) is 23.4 Å². The molecule has 1 heterocycles. The van der Waals surface area contributed by atoms with Crippen LogP contribution in [-0.4, -0.2) is 28.1 Å². The molecule has 0 bridgehead atoms. The van der Waals surface area contributed by atoms with Gasteiger partial charge in [-0.3, -0.25) is 14.3 Å². The van der Waals surface area contributed by atoms with Crippen molar-refractivity contribution in [2.45, 2.75) is 6.42 Å². The van der Waals surface area contributed by atoms with Gasteiger partial charge in [-0.15, -0.1) is 0 Å². The predicted octanol–water partition coefficient (Wildman–Crippen LogP) is 2.58. The molecule has 1 unspecified atom stereocenters. The van der Waals surface area contributed by atoms with Crippen molar-refractivity contribution in [1.29, 1.82) is 0 Å². The number of nitrogens with one attached hydrogen (secondary N) is 1. The number of hydrogen-bond donors (Lipinski definition) is 2. The molecule has 0 aliphatic rings. The molecule has 3 rings (SSSR count). The first-order valence-electron chi connectivity index (χ1n) is 9.05. The van der Waals surface area contributed by atoms with E-state index in [2.05, 4.69) is 10.4 Å². The van der Waals surface area contributed by atoms with E-state index in [4.69, 9.17) is 5.73 Å². The lowest BCUT2D eigenvalue weighted by Crippen LogP contribution is -2.37. The average Bonchev–Trinajstić information content (AvgIpc) is 3.07. The molecule has 0 saturated heterocycles. The number of rotatable bonds is 7. The monoisotopic (exact) mass is 416 g/mol. The molecule has 9 heteroatoms. The highest BCUT2D eigenvalue weighted by atomic mass is 19.1. The minimum Gasteiger partial charge on any atom is -0.369 e. The average molecular weight is 416 g/mol. The molecule has 0 aliphatic heterocycles.